The third-order valence-corrected chi connectivity index (χ3v) is 3.64. The van der Waals surface area contributed by atoms with Crippen LogP contribution in [0.5, 0.6) is 17.2 Å². The molecule has 0 fully saturated rings. The third kappa shape index (κ3) is 3.44. The van der Waals surface area contributed by atoms with Crippen molar-refractivity contribution in [2.75, 3.05) is 27.1 Å². The van der Waals surface area contributed by atoms with Crippen molar-refractivity contribution in [1.82, 2.24) is 0 Å². The molecule has 0 aromatic heterocycles. The lowest BCUT2D eigenvalue weighted by Gasteiger charge is -2.14. The maximum Gasteiger partial charge on any atom is 0.203 e. The molecule has 5 heteroatoms. The Morgan fingerprint density at radius 1 is 1.04 bits per heavy atom. The van der Waals surface area contributed by atoms with E-state index in [0.29, 0.717) is 34.1 Å². The van der Waals surface area contributed by atoms with Gasteiger partial charge in [-0.05, 0) is 47.9 Å². The van der Waals surface area contributed by atoms with Crippen molar-refractivity contribution in [3.8, 4) is 23.3 Å². The van der Waals surface area contributed by atoms with Crippen molar-refractivity contribution in [3.05, 3.63) is 47.0 Å². The summed E-state index contributed by atoms with van der Waals surface area (Å²) in [5.41, 5.74) is 9.61. The minimum atomic E-state index is 0.449. The van der Waals surface area contributed by atoms with Gasteiger partial charge in [0.15, 0.2) is 11.5 Å². The number of methoxy groups -OCH3 is 3. The highest BCUT2D eigenvalue weighted by Crippen LogP contribution is 2.40. The molecule has 0 aliphatic heterocycles. The molecule has 0 aliphatic rings. The van der Waals surface area contributed by atoms with Gasteiger partial charge in [0.2, 0.25) is 5.75 Å². The highest BCUT2D eigenvalue weighted by molar-refractivity contribution is 5.92. The molecule has 0 atom stereocenters. The Kier molecular flexibility index (Phi) is 5.33. The fraction of sp³-hybridized carbons (Fsp3) is 0.211. The van der Waals surface area contributed by atoms with Gasteiger partial charge >= 0.3 is 0 Å². The van der Waals surface area contributed by atoms with Crippen LogP contribution in [-0.2, 0) is 0 Å². The molecule has 0 saturated heterocycles. The summed E-state index contributed by atoms with van der Waals surface area (Å²) in [7, 11) is 4.61. The second-order valence-electron chi connectivity index (χ2n) is 5.22. The van der Waals surface area contributed by atoms with Crippen LogP contribution in [0, 0.1) is 18.3 Å². The van der Waals surface area contributed by atoms with E-state index in [9.17, 15) is 5.26 Å². The predicted octanol–water partition coefficient (Wildman–Crippen LogP) is 3.67. The molecule has 0 bridgehead atoms. The van der Waals surface area contributed by atoms with Gasteiger partial charge in [-0.3, -0.25) is 0 Å². The van der Waals surface area contributed by atoms with Gasteiger partial charge in [0.25, 0.3) is 0 Å². The van der Waals surface area contributed by atoms with Gasteiger partial charge in [-0.2, -0.15) is 5.26 Å². The number of nitrogens with two attached hydrogens (primary N) is 1. The van der Waals surface area contributed by atoms with Gasteiger partial charge in [-0.25, -0.2) is 0 Å². The molecule has 2 N–H and O–H groups in total. The standard InChI is InChI=1S/C19H20N2O3/c1-12-5-6-13(16(21)7-12)8-15(11-20)14-9-17(22-2)19(24-4)18(10-14)23-3/h5-10H,21H2,1-4H3/b15-8-. The first-order chi connectivity index (χ1) is 11.5. The number of ether oxygens (including phenoxy) is 3. The van der Waals surface area contributed by atoms with Gasteiger partial charge in [-0.15, -0.1) is 0 Å². The average Bonchev–Trinajstić information content (AvgIpc) is 2.59. The van der Waals surface area contributed by atoms with Crippen molar-refractivity contribution in [2.45, 2.75) is 6.92 Å². The number of anilines is 1. The molecular formula is C19H20N2O3. The van der Waals surface area contributed by atoms with E-state index in [1.54, 1.807) is 18.2 Å². The Morgan fingerprint density at radius 2 is 1.67 bits per heavy atom. The predicted molar refractivity (Wildman–Crippen MR) is 95.2 cm³/mol. The summed E-state index contributed by atoms with van der Waals surface area (Å²) in [6.45, 7) is 1.97. The van der Waals surface area contributed by atoms with E-state index in [1.807, 2.05) is 25.1 Å². The van der Waals surface area contributed by atoms with Crippen molar-refractivity contribution in [1.29, 1.82) is 5.26 Å². The van der Waals surface area contributed by atoms with Crippen molar-refractivity contribution in [3.63, 3.8) is 0 Å². The first-order valence-corrected chi connectivity index (χ1v) is 7.32. The van der Waals surface area contributed by atoms with Crippen LogP contribution in [0.2, 0.25) is 0 Å². The highest BCUT2D eigenvalue weighted by atomic mass is 16.5. The van der Waals surface area contributed by atoms with Crippen LogP contribution < -0.4 is 19.9 Å². The Hall–Kier alpha value is -3.13. The molecule has 0 unspecified atom stereocenters. The molecule has 2 rings (SSSR count). The van der Waals surface area contributed by atoms with Crippen LogP contribution in [0.25, 0.3) is 11.6 Å². The topological polar surface area (TPSA) is 77.5 Å². The van der Waals surface area contributed by atoms with Gasteiger partial charge in [-0.1, -0.05) is 12.1 Å². The zero-order valence-electron chi connectivity index (χ0n) is 14.2. The molecule has 0 aliphatic carbocycles. The zero-order chi connectivity index (χ0) is 17.7. The fourth-order valence-electron chi connectivity index (χ4n) is 2.40. The van der Waals surface area contributed by atoms with E-state index < -0.39 is 0 Å². The number of benzene rings is 2. The molecule has 0 saturated carbocycles. The van der Waals surface area contributed by atoms with Crippen molar-refractivity contribution < 1.29 is 14.2 Å². The Bertz CT molecular complexity index is 795. The first-order valence-electron chi connectivity index (χ1n) is 7.32. The maximum atomic E-state index is 9.57. The molecule has 0 amide bonds. The van der Waals surface area contributed by atoms with Gasteiger partial charge in [0.1, 0.15) is 0 Å². The molecular weight excluding hydrogens is 304 g/mol. The van der Waals surface area contributed by atoms with Crippen LogP contribution in [0.4, 0.5) is 5.69 Å². The van der Waals surface area contributed by atoms with Crippen LogP contribution in [0.3, 0.4) is 0 Å². The lowest BCUT2D eigenvalue weighted by Crippen LogP contribution is -1.97. The summed E-state index contributed by atoms with van der Waals surface area (Å²) in [5.74, 6) is 1.46. The van der Waals surface area contributed by atoms with E-state index in [1.165, 1.54) is 21.3 Å². The van der Waals surface area contributed by atoms with Gasteiger partial charge in [0, 0.05) is 5.69 Å². The molecule has 0 heterocycles. The maximum absolute atomic E-state index is 9.57. The van der Waals surface area contributed by atoms with Crippen LogP contribution >= 0.6 is 0 Å². The molecule has 0 spiro atoms. The van der Waals surface area contributed by atoms with Crippen LogP contribution in [0.15, 0.2) is 30.3 Å². The number of hydrogen-bond donors (Lipinski definition) is 1. The lowest BCUT2D eigenvalue weighted by atomic mass is 10.0. The van der Waals surface area contributed by atoms with E-state index in [2.05, 4.69) is 6.07 Å². The summed E-state index contributed by atoms with van der Waals surface area (Å²) >= 11 is 0. The molecule has 0 radical (unpaired) electrons. The van der Waals surface area contributed by atoms with Crippen molar-refractivity contribution in [2.24, 2.45) is 0 Å². The monoisotopic (exact) mass is 324 g/mol. The average molecular weight is 324 g/mol. The number of rotatable bonds is 5. The third-order valence-electron chi connectivity index (χ3n) is 3.64. The smallest absolute Gasteiger partial charge is 0.203 e. The Labute approximate surface area is 141 Å². The molecule has 2 aromatic rings. The van der Waals surface area contributed by atoms with E-state index in [4.69, 9.17) is 19.9 Å². The van der Waals surface area contributed by atoms with E-state index in [0.717, 1.165) is 11.1 Å². The summed E-state index contributed by atoms with van der Waals surface area (Å²) in [4.78, 5) is 0. The first kappa shape index (κ1) is 17.2. The molecule has 24 heavy (non-hydrogen) atoms. The molecule has 5 nitrogen and oxygen atoms in total. The number of nitrogen functional groups attached to an aromatic ring is 1. The number of nitriles is 1. The second kappa shape index (κ2) is 7.42. The van der Waals surface area contributed by atoms with Gasteiger partial charge in [0.05, 0.1) is 33.0 Å². The van der Waals surface area contributed by atoms with E-state index >= 15 is 0 Å². The van der Waals surface area contributed by atoms with E-state index in [-0.39, 0.29) is 0 Å². The summed E-state index contributed by atoms with van der Waals surface area (Å²) in [6.07, 6.45) is 1.75. The SMILES string of the molecule is COc1cc(/C(C#N)=C\c2ccc(C)cc2N)cc(OC)c1OC. The zero-order valence-corrected chi connectivity index (χ0v) is 14.2. The Morgan fingerprint density at radius 3 is 2.12 bits per heavy atom. The number of aryl methyl sites for hydroxylation is 1. The summed E-state index contributed by atoms with van der Waals surface area (Å²) in [6, 6.07) is 11.4. The molecule has 124 valence electrons. The molecule has 2 aromatic carbocycles. The Balaban J connectivity index is 2.59. The highest BCUT2D eigenvalue weighted by Gasteiger charge is 2.15. The van der Waals surface area contributed by atoms with Gasteiger partial charge < -0.3 is 19.9 Å². The lowest BCUT2D eigenvalue weighted by molar-refractivity contribution is 0.324. The normalized spacial score (nSPS) is 10.9. The minimum Gasteiger partial charge on any atom is -0.493 e. The second-order valence-corrected chi connectivity index (χ2v) is 5.22. The number of nitrogens with zero attached hydrogens (tertiary/aromatic N) is 1. The minimum absolute atomic E-state index is 0.449. The largest absolute Gasteiger partial charge is 0.493 e. The quantitative estimate of drug-likeness (QED) is 0.516. The van der Waals surface area contributed by atoms with Crippen LogP contribution in [0.1, 0.15) is 16.7 Å². The fourth-order valence-corrected chi connectivity index (χ4v) is 2.40. The van der Waals surface area contributed by atoms with Crippen molar-refractivity contribution >= 4 is 17.3 Å². The summed E-state index contributed by atoms with van der Waals surface area (Å²) in [5, 5.41) is 9.57. The van der Waals surface area contributed by atoms with Crippen LogP contribution in [-0.4, -0.2) is 21.3 Å². The number of allylic oxidation sites excluding steroid dienone is 1. The number of hydrogen-bond acceptors (Lipinski definition) is 5. The summed E-state index contributed by atoms with van der Waals surface area (Å²) < 4.78 is 16.0.